The normalized spacial score (nSPS) is 21.2. The summed E-state index contributed by atoms with van der Waals surface area (Å²) in [6.45, 7) is 3.52. The van der Waals surface area contributed by atoms with Gasteiger partial charge in [-0.2, -0.15) is 0 Å². The summed E-state index contributed by atoms with van der Waals surface area (Å²) < 4.78 is 19.7. The highest BCUT2D eigenvalue weighted by Crippen LogP contribution is 2.42. The first-order valence-electron chi connectivity index (χ1n) is 9.56. The van der Waals surface area contributed by atoms with Crippen molar-refractivity contribution in [1.29, 1.82) is 0 Å². The Balaban J connectivity index is 1.54. The van der Waals surface area contributed by atoms with Crippen LogP contribution in [-0.2, 0) is 9.53 Å². The molecule has 7 heteroatoms. The maximum atomic E-state index is 13.3. The van der Waals surface area contributed by atoms with Gasteiger partial charge in [-0.25, -0.2) is 9.18 Å². The first-order chi connectivity index (χ1) is 13.7. The third kappa shape index (κ3) is 4.02. The number of carbonyl (C=O) groups excluding carboxylic acids is 2. The van der Waals surface area contributed by atoms with Crippen LogP contribution >= 0.6 is 11.8 Å². The molecule has 0 spiro atoms. The monoisotopic (exact) mass is 415 g/mol. The smallest absolute Gasteiger partial charge is 0.338 e. The lowest BCUT2D eigenvalue weighted by atomic mass is 10.1. The predicted octanol–water partition coefficient (Wildman–Crippen LogP) is 3.53. The minimum Gasteiger partial charge on any atom is -0.447 e. The maximum Gasteiger partial charge on any atom is 0.338 e. The molecule has 0 saturated carbocycles. The van der Waals surface area contributed by atoms with Crippen LogP contribution in [0.1, 0.15) is 26.9 Å². The molecule has 152 valence electrons. The third-order valence-electron chi connectivity index (χ3n) is 5.38. The molecule has 2 heterocycles. The van der Waals surface area contributed by atoms with Gasteiger partial charge in [-0.05, 0) is 48.4 Å². The van der Waals surface area contributed by atoms with Crippen molar-refractivity contribution >= 4 is 29.3 Å². The average molecular weight is 416 g/mol. The summed E-state index contributed by atoms with van der Waals surface area (Å²) in [5.41, 5.74) is 2.94. The van der Waals surface area contributed by atoms with E-state index in [-0.39, 0.29) is 29.2 Å². The Kier molecular flexibility index (Phi) is 5.12. The number of halogens is 1. The van der Waals surface area contributed by atoms with Crippen LogP contribution in [0.15, 0.2) is 42.5 Å². The highest BCUT2D eigenvalue weighted by atomic mass is 32.2. The molecular formula is C22H24FN2O3S+. The summed E-state index contributed by atoms with van der Waals surface area (Å²) in [7, 11) is 4.21. The maximum absolute atomic E-state index is 13.3. The lowest BCUT2D eigenvalue weighted by Crippen LogP contribution is -2.62. The first-order valence-corrected chi connectivity index (χ1v) is 10.6. The predicted molar refractivity (Wildman–Crippen MR) is 111 cm³/mol. The van der Waals surface area contributed by atoms with Crippen LogP contribution in [0.5, 0.6) is 0 Å². The molecule has 1 unspecified atom stereocenters. The topological polar surface area (TPSA) is 46.6 Å². The Morgan fingerprint density at radius 2 is 1.86 bits per heavy atom. The lowest BCUT2D eigenvalue weighted by molar-refractivity contribution is -0.936. The summed E-state index contributed by atoms with van der Waals surface area (Å²) in [6.07, 6.45) is -0.0445. The standard InChI is InChI=1S/C22H24FN2O3S/c1-14-10-16(22(27)28-18-11-25(2,3)12-18)6-9-19(14)24-20(26)13-29-21(24)15-4-7-17(23)8-5-15/h4-10,18,21H,11-13H2,1-3H3/q+1. The van der Waals surface area contributed by atoms with Gasteiger partial charge in [-0.15, -0.1) is 11.8 Å². The van der Waals surface area contributed by atoms with Crippen LogP contribution < -0.4 is 4.90 Å². The fourth-order valence-electron chi connectivity index (χ4n) is 3.95. The Labute approximate surface area is 174 Å². The van der Waals surface area contributed by atoms with Crippen LogP contribution in [0.2, 0.25) is 0 Å². The fraction of sp³-hybridized carbons (Fsp3) is 0.364. The van der Waals surface area contributed by atoms with E-state index >= 15 is 0 Å². The van der Waals surface area contributed by atoms with E-state index in [1.54, 1.807) is 35.2 Å². The molecule has 5 nitrogen and oxygen atoms in total. The van der Waals surface area contributed by atoms with E-state index in [0.29, 0.717) is 11.3 Å². The van der Waals surface area contributed by atoms with E-state index in [4.69, 9.17) is 4.74 Å². The number of anilines is 1. The van der Waals surface area contributed by atoms with E-state index in [1.165, 1.54) is 23.9 Å². The number of hydrogen-bond acceptors (Lipinski definition) is 4. The van der Waals surface area contributed by atoms with Crippen LogP contribution in [0.3, 0.4) is 0 Å². The lowest BCUT2D eigenvalue weighted by Gasteiger charge is -2.43. The zero-order valence-corrected chi connectivity index (χ0v) is 17.5. The van der Waals surface area contributed by atoms with Gasteiger partial charge in [0.05, 0.1) is 25.4 Å². The highest BCUT2D eigenvalue weighted by Gasteiger charge is 2.40. The molecule has 0 bridgehead atoms. The Bertz CT molecular complexity index is 953. The van der Waals surface area contributed by atoms with Crippen LogP contribution in [-0.4, -0.2) is 55.4 Å². The summed E-state index contributed by atoms with van der Waals surface area (Å²) in [5.74, 6) is -0.276. The van der Waals surface area contributed by atoms with Gasteiger partial charge < -0.3 is 9.22 Å². The number of carbonyl (C=O) groups is 2. The number of likely N-dealkylation sites (tertiary alicyclic amines) is 1. The number of benzene rings is 2. The Hall–Kier alpha value is -2.38. The second kappa shape index (κ2) is 7.46. The molecule has 2 aromatic carbocycles. The number of nitrogens with zero attached hydrogens (tertiary/aromatic N) is 2. The molecule has 4 rings (SSSR count). The van der Waals surface area contributed by atoms with E-state index in [0.717, 1.165) is 34.4 Å². The van der Waals surface area contributed by atoms with Crippen LogP contribution in [0.25, 0.3) is 0 Å². The molecular weight excluding hydrogens is 391 g/mol. The van der Waals surface area contributed by atoms with Crippen molar-refractivity contribution < 1.29 is 23.2 Å². The molecule has 1 atom stereocenters. The number of esters is 1. The zero-order chi connectivity index (χ0) is 20.8. The van der Waals surface area contributed by atoms with Crippen LogP contribution in [0, 0.1) is 12.7 Å². The van der Waals surface area contributed by atoms with E-state index in [2.05, 4.69) is 14.1 Å². The van der Waals surface area contributed by atoms with E-state index in [9.17, 15) is 14.0 Å². The van der Waals surface area contributed by atoms with Gasteiger partial charge >= 0.3 is 5.97 Å². The molecule has 2 aliphatic rings. The summed E-state index contributed by atoms with van der Waals surface area (Å²) >= 11 is 1.51. The quantitative estimate of drug-likeness (QED) is 0.566. The van der Waals surface area contributed by atoms with Gasteiger partial charge in [0, 0.05) is 5.69 Å². The van der Waals surface area contributed by atoms with Gasteiger partial charge in [0.1, 0.15) is 24.3 Å². The van der Waals surface area contributed by atoms with Gasteiger partial charge in [0.2, 0.25) is 5.91 Å². The second-order valence-electron chi connectivity index (χ2n) is 8.31. The molecule has 2 aromatic rings. The molecule has 2 saturated heterocycles. The fourth-order valence-corrected chi connectivity index (χ4v) is 5.12. The van der Waals surface area contributed by atoms with Crippen LogP contribution in [0.4, 0.5) is 10.1 Å². The highest BCUT2D eigenvalue weighted by molar-refractivity contribution is 8.00. The number of thioether (sulfide) groups is 1. The van der Waals surface area contributed by atoms with Crippen molar-refractivity contribution in [3.8, 4) is 0 Å². The molecule has 0 radical (unpaired) electrons. The van der Waals surface area contributed by atoms with Gasteiger partial charge in [0.15, 0.2) is 6.10 Å². The first kappa shape index (κ1) is 19.9. The number of aryl methyl sites for hydroxylation is 1. The molecule has 2 aliphatic heterocycles. The summed E-state index contributed by atoms with van der Waals surface area (Å²) in [5, 5.41) is -0.213. The number of hydrogen-bond donors (Lipinski definition) is 0. The van der Waals surface area contributed by atoms with Gasteiger partial charge in [-0.3, -0.25) is 9.69 Å². The number of ether oxygens (including phenoxy) is 1. The van der Waals surface area contributed by atoms with E-state index < -0.39 is 0 Å². The minimum absolute atomic E-state index is 0.00257. The van der Waals surface area contributed by atoms with Crippen molar-refractivity contribution in [2.45, 2.75) is 18.4 Å². The minimum atomic E-state index is -0.332. The molecule has 1 amide bonds. The van der Waals surface area contributed by atoms with Crippen molar-refractivity contribution in [3.05, 3.63) is 65.0 Å². The average Bonchev–Trinajstić information content (AvgIpc) is 3.02. The summed E-state index contributed by atoms with van der Waals surface area (Å²) in [6, 6.07) is 11.5. The van der Waals surface area contributed by atoms with Crippen molar-refractivity contribution in [2.24, 2.45) is 0 Å². The number of quaternary nitrogens is 1. The third-order valence-corrected chi connectivity index (χ3v) is 6.60. The van der Waals surface area contributed by atoms with Crippen molar-refractivity contribution in [3.63, 3.8) is 0 Å². The molecule has 0 aromatic heterocycles. The number of likely N-dealkylation sites (N-methyl/N-ethyl adjacent to an activating group) is 1. The number of rotatable bonds is 4. The van der Waals surface area contributed by atoms with Gasteiger partial charge in [-0.1, -0.05) is 12.1 Å². The molecule has 29 heavy (non-hydrogen) atoms. The molecule has 0 N–H and O–H groups in total. The SMILES string of the molecule is Cc1cc(C(=O)OC2C[N+](C)(C)C2)ccc1N1C(=O)CSC1c1ccc(F)cc1. The van der Waals surface area contributed by atoms with Crippen molar-refractivity contribution in [1.82, 2.24) is 0 Å². The Morgan fingerprint density at radius 1 is 1.17 bits per heavy atom. The molecule has 2 fully saturated rings. The van der Waals surface area contributed by atoms with Gasteiger partial charge in [0.25, 0.3) is 0 Å². The second-order valence-corrected chi connectivity index (χ2v) is 9.38. The Morgan fingerprint density at radius 3 is 2.48 bits per heavy atom. The molecule has 0 aliphatic carbocycles. The van der Waals surface area contributed by atoms with E-state index in [1.807, 2.05) is 6.92 Å². The summed E-state index contributed by atoms with van der Waals surface area (Å²) in [4.78, 5) is 26.8. The zero-order valence-electron chi connectivity index (χ0n) is 16.7. The van der Waals surface area contributed by atoms with Crippen molar-refractivity contribution in [2.75, 3.05) is 37.8 Å². The number of amides is 1. The largest absolute Gasteiger partial charge is 0.447 e.